The number of hydrogen-bond donors (Lipinski definition) is 2. The Kier molecular flexibility index (Phi) is 11.2. The minimum Gasteiger partial charge on any atom is -0.405 e. The molecule has 3 saturated heterocycles. The van der Waals surface area contributed by atoms with Gasteiger partial charge in [-0.25, -0.2) is 0 Å². The number of alkyl halides is 3. The molecule has 0 radical (unpaired) electrons. The first kappa shape index (κ1) is 38.3. The third-order valence-electron chi connectivity index (χ3n) is 11.0. The van der Waals surface area contributed by atoms with Crippen LogP contribution in [-0.4, -0.2) is 77.2 Å². The number of nitrogens with zero attached hydrogens (tertiary/aromatic N) is 4. The van der Waals surface area contributed by atoms with Crippen LogP contribution in [0.25, 0.3) is 21.9 Å². The third-order valence-corrected chi connectivity index (χ3v) is 11.3. The number of ketones is 1. The number of amides is 2. The molecule has 7 rings (SSSR count). The number of halogens is 4. The fourth-order valence-corrected chi connectivity index (χ4v) is 8.29. The Bertz CT molecular complexity index is 2160. The summed E-state index contributed by atoms with van der Waals surface area (Å²) in [4.78, 5) is 58.0. The van der Waals surface area contributed by atoms with Crippen molar-refractivity contribution in [3.63, 3.8) is 0 Å². The average Bonchev–Trinajstić information content (AvgIpc) is 3.15. The van der Waals surface area contributed by atoms with E-state index in [1.807, 2.05) is 12.1 Å². The molecule has 1 unspecified atom stereocenters. The van der Waals surface area contributed by atoms with Gasteiger partial charge in [-0.2, -0.15) is 0 Å². The SMILES string of the molecule is Cn1cc(-c2ccc(CC3CCN(CC(=O)C4CCN(c5ccc(NC6CCC(=O)NC6=O)cc5Cl)CC4)CC3)c(OC(F)(F)F)c2)c2ccncc2c1=O. The van der Waals surface area contributed by atoms with Gasteiger partial charge in [0.15, 0.2) is 0 Å². The fraction of sp³-hybridized carbons (Fsp3) is 0.425. The molecule has 3 fully saturated rings. The quantitative estimate of drug-likeness (QED) is 0.184. The van der Waals surface area contributed by atoms with Gasteiger partial charge in [-0.3, -0.25) is 34.4 Å². The minimum absolute atomic E-state index is 0.0674. The predicted octanol–water partition coefficient (Wildman–Crippen LogP) is 6.11. The number of anilines is 2. The van der Waals surface area contributed by atoms with Gasteiger partial charge in [-0.05, 0) is 104 Å². The highest BCUT2D eigenvalue weighted by atomic mass is 35.5. The number of benzene rings is 2. The topological polar surface area (TPSA) is 126 Å². The number of nitrogens with one attached hydrogen (secondary N) is 2. The molecule has 0 bridgehead atoms. The first-order valence-corrected chi connectivity index (χ1v) is 18.9. The van der Waals surface area contributed by atoms with Crippen molar-refractivity contribution in [2.24, 2.45) is 18.9 Å². The van der Waals surface area contributed by atoms with Crippen LogP contribution in [0, 0.1) is 11.8 Å². The fourth-order valence-electron chi connectivity index (χ4n) is 7.99. The first-order valence-electron chi connectivity index (χ1n) is 18.5. The van der Waals surface area contributed by atoms with Crippen molar-refractivity contribution in [2.75, 3.05) is 42.9 Å². The highest BCUT2D eigenvalue weighted by molar-refractivity contribution is 6.33. The Hall–Kier alpha value is -4.95. The molecule has 0 saturated carbocycles. The van der Waals surface area contributed by atoms with Gasteiger partial charge in [0, 0.05) is 62.3 Å². The number of hydrogen-bond acceptors (Lipinski definition) is 9. The number of aryl methyl sites for hydroxylation is 1. The zero-order chi connectivity index (χ0) is 38.9. The molecule has 2 amide bonds. The van der Waals surface area contributed by atoms with Crippen LogP contribution in [0.4, 0.5) is 24.5 Å². The van der Waals surface area contributed by atoms with Crippen molar-refractivity contribution in [2.45, 2.75) is 57.3 Å². The molecule has 2 aromatic carbocycles. The molecule has 3 aliphatic rings. The number of pyridine rings is 2. The lowest BCUT2D eigenvalue weighted by atomic mass is 9.88. The zero-order valence-corrected chi connectivity index (χ0v) is 31.1. The average molecular weight is 779 g/mol. The van der Waals surface area contributed by atoms with Crippen LogP contribution in [0.5, 0.6) is 5.75 Å². The summed E-state index contributed by atoms with van der Waals surface area (Å²) in [5, 5.41) is 6.99. The summed E-state index contributed by atoms with van der Waals surface area (Å²) in [6.45, 7) is 3.05. The van der Waals surface area contributed by atoms with Crippen molar-refractivity contribution >= 4 is 51.3 Å². The molecule has 2 aromatic heterocycles. The number of carbonyl (C=O) groups is 3. The van der Waals surface area contributed by atoms with Crippen LogP contribution < -0.4 is 25.8 Å². The highest BCUT2D eigenvalue weighted by Gasteiger charge is 2.34. The third kappa shape index (κ3) is 8.97. The second-order valence-corrected chi connectivity index (χ2v) is 15.1. The molecule has 1 atom stereocenters. The van der Waals surface area contributed by atoms with Gasteiger partial charge in [-0.15, -0.1) is 13.2 Å². The summed E-state index contributed by atoms with van der Waals surface area (Å²) in [6.07, 6.45) is 3.71. The largest absolute Gasteiger partial charge is 0.573 e. The summed E-state index contributed by atoms with van der Waals surface area (Å²) in [5.41, 5.74) is 2.85. The van der Waals surface area contributed by atoms with Crippen LogP contribution in [0.3, 0.4) is 0 Å². The smallest absolute Gasteiger partial charge is 0.405 e. The number of fused-ring (bicyclic) bond motifs is 1. The van der Waals surface area contributed by atoms with Crippen molar-refractivity contribution in [3.05, 3.63) is 82.0 Å². The first-order chi connectivity index (χ1) is 26.3. The summed E-state index contributed by atoms with van der Waals surface area (Å²) >= 11 is 6.65. The molecule has 0 aliphatic carbocycles. The van der Waals surface area contributed by atoms with Gasteiger partial charge < -0.3 is 19.5 Å². The van der Waals surface area contributed by atoms with Crippen LogP contribution in [0.2, 0.25) is 5.02 Å². The van der Waals surface area contributed by atoms with Crippen molar-refractivity contribution in [1.29, 1.82) is 0 Å². The molecular weight excluding hydrogens is 737 g/mol. The number of aromatic nitrogens is 2. The summed E-state index contributed by atoms with van der Waals surface area (Å²) in [7, 11) is 1.59. The Labute approximate surface area is 320 Å². The van der Waals surface area contributed by atoms with Crippen LogP contribution in [0.1, 0.15) is 44.1 Å². The molecule has 11 nitrogen and oxygen atoms in total. The van der Waals surface area contributed by atoms with E-state index in [1.165, 1.54) is 16.8 Å². The molecule has 4 aromatic rings. The van der Waals surface area contributed by atoms with Crippen molar-refractivity contribution in [1.82, 2.24) is 19.8 Å². The molecular formula is C40H42ClF3N6O5. The Morgan fingerprint density at radius 3 is 2.45 bits per heavy atom. The van der Waals surface area contributed by atoms with Crippen LogP contribution in [-0.2, 0) is 27.9 Å². The molecule has 2 N–H and O–H groups in total. The molecule has 5 heterocycles. The van der Waals surface area contributed by atoms with E-state index in [-0.39, 0.29) is 47.2 Å². The summed E-state index contributed by atoms with van der Waals surface area (Å²) in [5.74, 6) is -0.628. The van der Waals surface area contributed by atoms with Gasteiger partial charge in [0.25, 0.3) is 5.56 Å². The van der Waals surface area contributed by atoms with E-state index in [0.29, 0.717) is 96.6 Å². The second-order valence-electron chi connectivity index (χ2n) is 14.7. The Morgan fingerprint density at radius 1 is 0.982 bits per heavy atom. The van der Waals surface area contributed by atoms with Gasteiger partial charge in [0.2, 0.25) is 11.8 Å². The van der Waals surface area contributed by atoms with E-state index in [2.05, 4.69) is 30.2 Å². The van der Waals surface area contributed by atoms with Gasteiger partial charge in [0.1, 0.15) is 17.6 Å². The number of rotatable bonds is 10. The predicted molar refractivity (Wildman–Crippen MR) is 203 cm³/mol. The number of carbonyl (C=O) groups excluding carboxylic acids is 3. The van der Waals surface area contributed by atoms with Crippen LogP contribution in [0.15, 0.2) is 65.8 Å². The van der Waals surface area contributed by atoms with E-state index >= 15 is 0 Å². The van der Waals surface area contributed by atoms with Gasteiger partial charge in [-0.1, -0.05) is 23.7 Å². The Balaban J connectivity index is 0.918. The maximum Gasteiger partial charge on any atom is 0.573 e. The van der Waals surface area contributed by atoms with E-state index in [9.17, 15) is 32.3 Å². The lowest BCUT2D eigenvalue weighted by Crippen LogP contribution is -2.47. The minimum atomic E-state index is -4.88. The zero-order valence-electron chi connectivity index (χ0n) is 30.3. The maximum absolute atomic E-state index is 13.6. The molecule has 290 valence electrons. The summed E-state index contributed by atoms with van der Waals surface area (Å²) < 4.78 is 46.8. The summed E-state index contributed by atoms with van der Waals surface area (Å²) in [6, 6.07) is 11.6. The maximum atomic E-state index is 13.6. The van der Waals surface area contributed by atoms with E-state index in [1.54, 1.807) is 43.7 Å². The lowest BCUT2D eigenvalue weighted by Gasteiger charge is -2.36. The normalized spacial score (nSPS) is 19.1. The van der Waals surface area contributed by atoms with Crippen LogP contribution >= 0.6 is 11.6 Å². The van der Waals surface area contributed by atoms with E-state index in [0.717, 1.165) is 18.5 Å². The number of likely N-dealkylation sites (tertiary alicyclic amines) is 1. The number of Topliss-reactive ketones (excluding diaryl/α,β-unsaturated/α-hetero) is 1. The molecule has 55 heavy (non-hydrogen) atoms. The number of piperidine rings is 3. The highest BCUT2D eigenvalue weighted by Crippen LogP contribution is 2.37. The van der Waals surface area contributed by atoms with Crippen molar-refractivity contribution in [3.8, 4) is 16.9 Å². The van der Waals surface area contributed by atoms with Gasteiger partial charge in [0.05, 0.1) is 22.6 Å². The Morgan fingerprint density at radius 2 is 1.75 bits per heavy atom. The standard InChI is InChI=1S/C40H42ClF3N6O5/c1-48-22-31(29-8-13-45-21-30(29)39(48)54)26-2-3-27(36(19-26)55-40(42,43)44)18-24-9-14-49(15-10-24)23-35(51)25-11-16-50(17-12-25)34-6-4-28(20-32(34)41)46-33-5-7-37(52)47-38(33)53/h2-4,6,8,13,19-22,24-25,33,46H,5,7,9-12,14-18,23H2,1H3,(H,47,52,53). The van der Waals surface area contributed by atoms with E-state index in [4.69, 9.17) is 11.6 Å². The van der Waals surface area contributed by atoms with E-state index < -0.39 is 12.4 Å². The lowest BCUT2D eigenvalue weighted by molar-refractivity contribution is -0.274. The molecule has 3 aliphatic heterocycles. The van der Waals surface area contributed by atoms with Crippen molar-refractivity contribution < 1.29 is 32.3 Å². The number of ether oxygens (including phenoxy) is 1. The second kappa shape index (κ2) is 16.0. The molecule has 15 heteroatoms. The monoisotopic (exact) mass is 778 g/mol. The number of imide groups is 1. The van der Waals surface area contributed by atoms with Gasteiger partial charge >= 0.3 is 6.36 Å². The molecule has 0 spiro atoms.